The fourth-order valence-electron chi connectivity index (χ4n) is 3.68. The Hall–Kier alpha value is -1.93. The van der Waals surface area contributed by atoms with Gasteiger partial charge in [-0.3, -0.25) is 9.36 Å². The van der Waals surface area contributed by atoms with Crippen LogP contribution in [0.2, 0.25) is 0 Å². The van der Waals surface area contributed by atoms with Gasteiger partial charge in [-0.1, -0.05) is 25.2 Å². The fraction of sp³-hybridized carbons (Fsp3) is 0.650. The van der Waals surface area contributed by atoms with Gasteiger partial charge in [0, 0.05) is 44.5 Å². The van der Waals surface area contributed by atoms with Gasteiger partial charge < -0.3 is 15.1 Å². The van der Waals surface area contributed by atoms with E-state index in [0.717, 1.165) is 75.2 Å². The van der Waals surface area contributed by atoms with Crippen molar-refractivity contribution in [2.45, 2.75) is 39.5 Å². The number of hydrogen-bond acceptors (Lipinski definition) is 6. The average Bonchev–Trinajstić information content (AvgIpc) is 3.40. The van der Waals surface area contributed by atoms with Crippen LogP contribution in [0.5, 0.6) is 0 Å². The number of nitrogens with zero attached hydrogens (tertiary/aromatic N) is 5. The number of carbonyl (C=O) groups is 1. The minimum absolute atomic E-state index is 0.110. The second-order valence-electron chi connectivity index (χ2n) is 7.35. The fourth-order valence-corrected chi connectivity index (χ4v) is 4.55. The maximum atomic E-state index is 12.5. The summed E-state index contributed by atoms with van der Waals surface area (Å²) >= 11 is 1.59. The highest BCUT2D eigenvalue weighted by Gasteiger charge is 2.26. The summed E-state index contributed by atoms with van der Waals surface area (Å²) in [5, 5.41) is 13.6. The number of anilines is 1. The van der Waals surface area contributed by atoms with Gasteiger partial charge >= 0.3 is 0 Å². The lowest BCUT2D eigenvalue weighted by molar-refractivity contribution is -0.125. The lowest BCUT2D eigenvalue weighted by Crippen LogP contribution is -2.42. The lowest BCUT2D eigenvalue weighted by atomic mass is 9.96. The molecule has 2 aromatic rings. The summed E-state index contributed by atoms with van der Waals surface area (Å²) < 4.78 is 1.97. The molecule has 1 aliphatic heterocycles. The standard InChI is InChI=1S/C20H32N6OS/c1-3-10-24(11-4-2)16-9-21-18(27)17-7-14-26(15-8-17)20-23-22-19(28-20)25-12-5-6-13-25/h5-6,12-13,17H,3-4,7-11,14-16H2,1-2H3,(H,21,27). The third-order valence-electron chi connectivity index (χ3n) is 5.17. The molecule has 0 atom stereocenters. The second kappa shape index (κ2) is 10.6. The van der Waals surface area contributed by atoms with Crippen LogP contribution in [0, 0.1) is 5.92 Å². The molecule has 0 spiro atoms. The molecule has 1 amide bonds. The molecule has 7 nitrogen and oxygen atoms in total. The summed E-state index contributed by atoms with van der Waals surface area (Å²) in [4.78, 5) is 17.2. The third kappa shape index (κ3) is 5.54. The zero-order valence-corrected chi connectivity index (χ0v) is 17.8. The van der Waals surface area contributed by atoms with Crippen molar-refractivity contribution in [1.82, 2.24) is 25.0 Å². The lowest BCUT2D eigenvalue weighted by Gasteiger charge is -2.31. The van der Waals surface area contributed by atoms with Crippen LogP contribution >= 0.6 is 11.3 Å². The van der Waals surface area contributed by atoms with Crippen LogP contribution < -0.4 is 10.2 Å². The van der Waals surface area contributed by atoms with Crippen molar-refractivity contribution in [1.29, 1.82) is 0 Å². The zero-order valence-electron chi connectivity index (χ0n) is 17.0. The van der Waals surface area contributed by atoms with Crippen molar-refractivity contribution in [3.05, 3.63) is 24.5 Å². The summed E-state index contributed by atoms with van der Waals surface area (Å²) in [6, 6.07) is 3.96. The van der Waals surface area contributed by atoms with Gasteiger partial charge in [0.2, 0.25) is 16.2 Å². The normalized spacial score (nSPS) is 15.3. The van der Waals surface area contributed by atoms with Crippen molar-refractivity contribution in [2.24, 2.45) is 5.92 Å². The van der Waals surface area contributed by atoms with Gasteiger partial charge in [0.15, 0.2) is 0 Å². The van der Waals surface area contributed by atoms with Crippen LogP contribution in [0.4, 0.5) is 5.13 Å². The molecule has 3 heterocycles. The zero-order chi connectivity index (χ0) is 19.8. The molecule has 0 saturated carbocycles. The number of aromatic nitrogens is 3. The topological polar surface area (TPSA) is 66.3 Å². The predicted octanol–water partition coefficient (Wildman–Crippen LogP) is 2.78. The first-order valence-electron chi connectivity index (χ1n) is 10.4. The van der Waals surface area contributed by atoms with E-state index in [1.165, 1.54) is 0 Å². The first-order chi connectivity index (χ1) is 13.7. The van der Waals surface area contributed by atoms with Crippen LogP contribution in [0.1, 0.15) is 39.5 Å². The summed E-state index contributed by atoms with van der Waals surface area (Å²) in [6.45, 7) is 10.0. The Morgan fingerprint density at radius 3 is 2.39 bits per heavy atom. The molecule has 3 rings (SSSR count). The molecule has 0 unspecified atom stereocenters. The van der Waals surface area contributed by atoms with E-state index >= 15 is 0 Å². The average molecular weight is 405 g/mol. The first-order valence-corrected chi connectivity index (χ1v) is 11.2. The molecule has 28 heavy (non-hydrogen) atoms. The molecule has 0 bridgehead atoms. The monoisotopic (exact) mass is 404 g/mol. The molecular formula is C20H32N6OS. The van der Waals surface area contributed by atoms with Gasteiger partial charge in [0.25, 0.3) is 0 Å². The number of amides is 1. The molecule has 0 aromatic carbocycles. The molecule has 154 valence electrons. The van der Waals surface area contributed by atoms with E-state index in [2.05, 4.69) is 39.2 Å². The Kier molecular flexibility index (Phi) is 7.85. The minimum Gasteiger partial charge on any atom is -0.355 e. The van der Waals surface area contributed by atoms with Gasteiger partial charge in [0.1, 0.15) is 0 Å². The molecule has 0 radical (unpaired) electrons. The van der Waals surface area contributed by atoms with E-state index in [-0.39, 0.29) is 11.8 Å². The largest absolute Gasteiger partial charge is 0.355 e. The van der Waals surface area contributed by atoms with Crippen LogP contribution in [0.3, 0.4) is 0 Å². The van der Waals surface area contributed by atoms with Crippen LogP contribution in [0.25, 0.3) is 5.13 Å². The van der Waals surface area contributed by atoms with E-state index in [1.807, 2.05) is 29.1 Å². The highest BCUT2D eigenvalue weighted by molar-refractivity contribution is 7.17. The summed E-state index contributed by atoms with van der Waals surface area (Å²) in [6.07, 6.45) is 8.01. The Morgan fingerprint density at radius 1 is 1.11 bits per heavy atom. The molecule has 1 N–H and O–H groups in total. The number of hydrogen-bond donors (Lipinski definition) is 1. The Morgan fingerprint density at radius 2 is 1.75 bits per heavy atom. The highest BCUT2D eigenvalue weighted by atomic mass is 32.1. The molecular weight excluding hydrogens is 372 g/mol. The van der Waals surface area contributed by atoms with Gasteiger partial charge in [0.05, 0.1) is 0 Å². The highest BCUT2D eigenvalue weighted by Crippen LogP contribution is 2.27. The molecule has 1 fully saturated rings. The first kappa shape index (κ1) is 20.8. The molecule has 1 aliphatic rings. The second-order valence-corrected chi connectivity index (χ2v) is 8.29. The maximum absolute atomic E-state index is 12.5. The number of piperidine rings is 1. The van der Waals surface area contributed by atoms with Gasteiger partial charge in [-0.2, -0.15) is 0 Å². The van der Waals surface area contributed by atoms with E-state index in [9.17, 15) is 4.79 Å². The van der Waals surface area contributed by atoms with E-state index in [0.29, 0.717) is 0 Å². The third-order valence-corrected chi connectivity index (χ3v) is 6.17. The molecule has 0 aliphatic carbocycles. The van der Waals surface area contributed by atoms with Crippen molar-refractivity contribution in [3.8, 4) is 5.13 Å². The van der Waals surface area contributed by atoms with Crippen LogP contribution in [-0.2, 0) is 4.79 Å². The van der Waals surface area contributed by atoms with E-state index in [1.54, 1.807) is 11.3 Å². The summed E-state index contributed by atoms with van der Waals surface area (Å²) in [5.74, 6) is 0.316. The van der Waals surface area contributed by atoms with Crippen molar-refractivity contribution in [2.75, 3.05) is 44.2 Å². The Bertz CT molecular complexity index is 702. The maximum Gasteiger partial charge on any atom is 0.223 e. The SMILES string of the molecule is CCCN(CCC)CCNC(=O)C1CCN(c2nnc(-n3cccc3)s2)CC1. The molecule has 1 saturated heterocycles. The summed E-state index contributed by atoms with van der Waals surface area (Å²) in [5.41, 5.74) is 0. The minimum atomic E-state index is 0.110. The van der Waals surface area contributed by atoms with E-state index < -0.39 is 0 Å². The number of carbonyl (C=O) groups excluding carboxylic acids is 1. The van der Waals surface area contributed by atoms with E-state index in [4.69, 9.17) is 0 Å². The van der Waals surface area contributed by atoms with Crippen molar-refractivity contribution < 1.29 is 4.79 Å². The van der Waals surface area contributed by atoms with Gasteiger partial charge in [-0.15, -0.1) is 10.2 Å². The van der Waals surface area contributed by atoms with Crippen LogP contribution in [-0.4, -0.2) is 64.8 Å². The molecule has 8 heteroatoms. The smallest absolute Gasteiger partial charge is 0.223 e. The van der Waals surface area contributed by atoms with Gasteiger partial charge in [-0.05, 0) is 50.9 Å². The van der Waals surface area contributed by atoms with Crippen molar-refractivity contribution >= 4 is 22.4 Å². The Labute approximate surface area is 171 Å². The quantitative estimate of drug-likeness (QED) is 0.660. The summed E-state index contributed by atoms with van der Waals surface area (Å²) in [7, 11) is 0. The number of nitrogens with one attached hydrogen (secondary N) is 1. The van der Waals surface area contributed by atoms with Gasteiger partial charge in [-0.25, -0.2) is 0 Å². The number of rotatable bonds is 10. The Balaban J connectivity index is 1.41. The van der Waals surface area contributed by atoms with Crippen LogP contribution in [0.15, 0.2) is 24.5 Å². The molecule has 2 aromatic heterocycles. The van der Waals surface area contributed by atoms with Crippen molar-refractivity contribution in [3.63, 3.8) is 0 Å². The predicted molar refractivity (Wildman–Crippen MR) is 114 cm³/mol.